The molecule has 0 spiro atoms. The molecule has 2 rings (SSSR count). The van der Waals surface area contributed by atoms with Gasteiger partial charge in [0, 0.05) is 12.6 Å². The van der Waals surface area contributed by atoms with E-state index in [9.17, 15) is 9.59 Å². The Balaban J connectivity index is 2.21. The Morgan fingerprint density at radius 1 is 1.27 bits per heavy atom. The number of benzene rings is 1. The summed E-state index contributed by atoms with van der Waals surface area (Å²) in [5.41, 5.74) is 1.05. The van der Waals surface area contributed by atoms with Gasteiger partial charge in [0.25, 0.3) is 5.56 Å². The molecule has 0 aliphatic rings. The van der Waals surface area contributed by atoms with Crippen molar-refractivity contribution in [2.45, 2.75) is 26.3 Å². The van der Waals surface area contributed by atoms with E-state index in [0.717, 1.165) is 17.7 Å². The standard InChI is InChI=1S/C17H20N2O3/c1-3-6-16(20)18-15-9-5-10-19(17(15)21)12-13-7-4-8-14(11-13)22-2/h4-5,7-11H,3,6,12H2,1-2H3,(H,18,20). The molecule has 1 aromatic carbocycles. The quantitative estimate of drug-likeness (QED) is 0.892. The van der Waals surface area contributed by atoms with E-state index >= 15 is 0 Å². The van der Waals surface area contributed by atoms with Gasteiger partial charge in [-0.3, -0.25) is 9.59 Å². The molecule has 0 bridgehead atoms. The van der Waals surface area contributed by atoms with Crippen molar-refractivity contribution in [2.24, 2.45) is 0 Å². The third kappa shape index (κ3) is 3.97. The molecule has 0 fully saturated rings. The Morgan fingerprint density at radius 3 is 2.82 bits per heavy atom. The average molecular weight is 300 g/mol. The number of pyridine rings is 1. The van der Waals surface area contributed by atoms with Gasteiger partial charge in [0.05, 0.1) is 13.7 Å². The first-order valence-corrected chi connectivity index (χ1v) is 7.26. The maximum atomic E-state index is 12.4. The lowest BCUT2D eigenvalue weighted by Gasteiger charge is -2.10. The minimum Gasteiger partial charge on any atom is -0.497 e. The molecule has 0 aliphatic carbocycles. The highest BCUT2D eigenvalue weighted by Gasteiger charge is 2.07. The number of hydrogen-bond donors (Lipinski definition) is 1. The van der Waals surface area contributed by atoms with Crippen molar-refractivity contribution >= 4 is 11.6 Å². The maximum absolute atomic E-state index is 12.4. The molecule has 1 heterocycles. The highest BCUT2D eigenvalue weighted by molar-refractivity contribution is 5.90. The van der Waals surface area contributed by atoms with Crippen LogP contribution in [0.15, 0.2) is 47.4 Å². The van der Waals surface area contributed by atoms with E-state index in [1.165, 1.54) is 0 Å². The number of hydrogen-bond acceptors (Lipinski definition) is 3. The van der Waals surface area contributed by atoms with Crippen molar-refractivity contribution in [2.75, 3.05) is 12.4 Å². The topological polar surface area (TPSA) is 60.3 Å². The van der Waals surface area contributed by atoms with Gasteiger partial charge in [-0.2, -0.15) is 0 Å². The van der Waals surface area contributed by atoms with E-state index < -0.39 is 0 Å². The highest BCUT2D eigenvalue weighted by atomic mass is 16.5. The van der Waals surface area contributed by atoms with Gasteiger partial charge in [-0.1, -0.05) is 19.1 Å². The van der Waals surface area contributed by atoms with E-state index in [0.29, 0.717) is 18.7 Å². The van der Waals surface area contributed by atoms with Crippen LogP contribution in [0.1, 0.15) is 25.3 Å². The predicted octanol–water partition coefficient (Wildman–Crippen LogP) is 2.64. The normalized spacial score (nSPS) is 10.3. The predicted molar refractivity (Wildman–Crippen MR) is 86.3 cm³/mol. The molecule has 0 atom stereocenters. The van der Waals surface area contributed by atoms with Gasteiger partial charge >= 0.3 is 0 Å². The van der Waals surface area contributed by atoms with Gasteiger partial charge in [0.1, 0.15) is 11.4 Å². The van der Waals surface area contributed by atoms with Crippen molar-refractivity contribution < 1.29 is 9.53 Å². The number of carbonyl (C=O) groups excluding carboxylic acids is 1. The summed E-state index contributed by atoms with van der Waals surface area (Å²) in [6, 6.07) is 10.9. The summed E-state index contributed by atoms with van der Waals surface area (Å²) in [4.78, 5) is 24.0. The Labute approximate surface area is 129 Å². The zero-order chi connectivity index (χ0) is 15.9. The third-order valence-corrected chi connectivity index (χ3v) is 3.26. The van der Waals surface area contributed by atoms with E-state index in [2.05, 4.69) is 5.32 Å². The van der Waals surface area contributed by atoms with Crippen LogP contribution < -0.4 is 15.6 Å². The SMILES string of the molecule is CCCC(=O)Nc1cccn(Cc2cccc(OC)c2)c1=O. The highest BCUT2D eigenvalue weighted by Crippen LogP contribution is 2.13. The summed E-state index contributed by atoms with van der Waals surface area (Å²) in [5, 5.41) is 2.66. The number of nitrogens with zero attached hydrogens (tertiary/aromatic N) is 1. The molecule has 0 saturated heterocycles. The molecular formula is C17H20N2O3. The molecular weight excluding hydrogens is 280 g/mol. The summed E-state index contributed by atoms with van der Waals surface area (Å²) >= 11 is 0. The van der Waals surface area contributed by atoms with Gasteiger partial charge in [0.2, 0.25) is 5.91 Å². The lowest BCUT2D eigenvalue weighted by molar-refractivity contribution is -0.116. The van der Waals surface area contributed by atoms with Gasteiger partial charge in [-0.25, -0.2) is 0 Å². The van der Waals surface area contributed by atoms with Crippen LogP contribution in [0.3, 0.4) is 0 Å². The molecule has 0 radical (unpaired) electrons. The largest absolute Gasteiger partial charge is 0.497 e. The van der Waals surface area contributed by atoms with Crippen molar-refractivity contribution in [3.05, 3.63) is 58.5 Å². The van der Waals surface area contributed by atoms with Gasteiger partial charge < -0.3 is 14.6 Å². The minimum absolute atomic E-state index is 0.140. The number of amides is 1. The first-order valence-electron chi connectivity index (χ1n) is 7.26. The summed E-state index contributed by atoms with van der Waals surface area (Å²) in [5.74, 6) is 0.608. The fourth-order valence-corrected chi connectivity index (χ4v) is 2.16. The van der Waals surface area contributed by atoms with Gasteiger partial charge in [-0.15, -0.1) is 0 Å². The zero-order valence-corrected chi connectivity index (χ0v) is 12.8. The van der Waals surface area contributed by atoms with Crippen LogP contribution in [0.25, 0.3) is 0 Å². The molecule has 0 saturated carbocycles. The van der Waals surface area contributed by atoms with Crippen LogP contribution in [0.5, 0.6) is 5.75 Å². The molecule has 1 amide bonds. The van der Waals surface area contributed by atoms with Crippen molar-refractivity contribution in [1.29, 1.82) is 0 Å². The Bertz CT molecular complexity index is 707. The lowest BCUT2D eigenvalue weighted by atomic mass is 10.2. The molecule has 2 aromatic rings. The molecule has 5 heteroatoms. The van der Waals surface area contributed by atoms with Crippen molar-refractivity contribution in [3.8, 4) is 5.75 Å². The second-order valence-corrected chi connectivity index (χ2v) is 5.00. The molecule has 5 nitrogen and oxygen atoms in total. The van der Waals surface area contributed by atoms with E-state index in [1.54, 1.807) is 30.0 Å². The van der Waals surface area contributed by atoms with E-state index in [-0.39, 0.29) is 11.5 Å². The van der Waals surface area contributed by atoms with Crippen LogP contribution in [-0.2, 0) is 11.3 Å². The first kappa shape index (κ1) is 15.8. The van der Waals surface area contributed by atoms with Crippen LogP contribution >= 0.6 is 0 Å². The van der Waals surface area contributed by atoms with Crippen molar-refractivity contribution in [3.63, 3.8) is 0 Å². The Morgan fingerprint density at radius 2 is 2.09 bits per heavy atom. The number of aromatic nitrogens is 1. The fourth-order valence-electron chi connectivity index (χ4n) is 2.16. The fraction of sp³-hybridized carbons (Fsp3) is 0.294. The second kappa shape index (κ2) is 7.45. The number of methoxy groups -OCH3 is 1. The Hall–Kier alpha value is -2.56. The monoisotopic (exact) mass is 300 g/mol. The molecule has 0 aliphatic heterocycles. The summed E-state index contributed by atoms with van der Waals surface area (Å²) in [6.07, 6.45) is 2.86. The molecule has 0 unspecified atom stereocenters. The molecule has 1 aromatic heterocycles. The lowest BCUT2D eigenvalue weighted by Crippen LogP contribution is -2.25. The third-order valence-electron chi connectivity index (χ3n) is 3.26. The van der Waals surface area contributed by atoms with Crippen molar-refractivity contribution in [1.82, 2.24) is 4.57 Å². The van der Waals surface area contributed by atoms with Crippen LogP contribution in [0, 0.1) is 0 Å². The van der Waals surface area contributed by atoms with Crippen LogP contribution in [0.2, 0.25) is 0 Å². The number of ether oxygens (including phenoxy) is 1. The smallest absolute Gasteiger partial charge is 0.274 e. The Kier molecular flexibility index (Phi) is 5.36. The number of anilines is 1. The minimum atomic E-state index is -0.213. The average Bonchev–Trinajstić information content (AvgIpc) is 2.52. The van der Waals surface area contributed by atoms with Gasteiger partial charge in [-0.05, 0) is 36.2 Å². The summed E-state index contributed by atoms with van der Waals surface area (Å²) in [7, 11) is 1.61. The molecule has 22 heavy (non-hydrogen) atoms. The molecule has 116 valence electrons. The van der Waals surface area contributed by atoms with E-state index in [4.69, 9.17) is 4.74 Å². The zero-order valence-electron chi connectivity index (χ0n) is 12.8. The summed E-state index contributed by atoms with van der Waals surface area (Å²) in [6.45, 7) is 2.35. The number of carbonyl (C=O) groups is 1. The van der Waals surface area contributed by atoms with Crippen LogP contribution in [-0.4, -0.2) is 17.6 Å². The molecule has 1 N–H and O–H groups in total. The van der Waals surface area contributed by atoms with E-state index in [1.807, 2.05) is 31.2 Å². The maximum Gasteiger partial charge on any atom is 0.274 e. The first-order chi connectivity index (χ1) is 10.6. The van der Waals surface area contributed by atoms with Gasteiger partial charge in [0.15, 0.2) is 0 Å². The number of rotatable bonds is 6. The number of nitrogens with one attached hydrogen (secondary N) is 1. The second-order valence-electron chi connectivity index (χ2n) is 5.00. The van der Waals surface area contributed by atoms with Crippen LogP contribution in [0.4, 0.5) is 5.69 Å². The summed E-state index contributed by atoms with van der Waals surface area (Å²) < 4.78 is 6.75.